The van der Waals surface area contributed by atoms with Gasteiger partial charge in [-0.05, 0) is 24.6 Å². The van der Waals surface area contributed by atoms with Crippen LogP contribution in [0.25, 0.3) is 0 Å². The number of benzene rings is 1. The minimum atomic E-state index is -3.43. The SMILES string of the molecule is CC(NS(=O)(=O)N(C)C)c1ccc(C#CCN)cc1. The minimum absolute atomic E-state index is 0.302. The highest BCUT2D eigenvalue weighted by atomic mass is 32.2. The molecule has 5 nitrogen and oxygen atoms in total. The largest absolute Gasteiger partial charge is 0.320 e. The first kappa shape index (κ1) is 15.7. The molecule has 0 radical (unpaired) electrons. The molecule has 0 saturated heterocycles. The Bertz CT molecular complexity index is 568. The zero-order chi connectivity index (χ0) is 14.5. The molecule has 0 aliphatic heterocycles. The van der Waals surface area contributed by atoms with E-state index in [9.17, 15) is 8.42 Å². The topological polar surface area (TPSA) is 75.4 Å². The highest BCUT2D eigenvalue weighted by Crippen LogP contribution is 2.14. The zero-order valence-electron chi connectivity index (χ0n) is 11.3. The summed E-state index contributed by atoms with van der Waals surface area (Å²) in [4.78, 5) is 0. The molecule has 1 aromatic rings. The summed E-state index contributed by atoms with van der Waals surface area (Å²) in [6.07, 6.45) is 0. The van der Waals surface area contributed by atoms with Gasteiger partial charge in [0.1, 0.15) is 0 Å². The van der Waals surface area contributed by atoms with Crippen molar-refractivity contribution in [2.75, 3.05) is 20.6 Å². The molecule has 0 bridgehead atoms. The van der Waals surface area contributed by atoms with Gasteiger partial charge in [-0.3, -0.25) is 0 Å². The van der Waals surface area contributed by atoms with E-state index in [2.05, 4.69) is 16.6 Å². The van der Waals surface area contributed by atoms with E-state index in [4.69, 9.17) is 5.73 Å². The van der Waals surface area contributed by atoms with Crippen LogP contribution in [0.15, 0.2) is 24.3 Å². The molecule has 3 N–H and O–H groups in total. The zero-order valence-corrected chi connectivity index (χ0v) is 12.2. The minimum Gasteiger partial charge on any atom is -0.320 e. The molecule has 104 valence electrons. The highest BCUT2D eigenvalue weighted by molar-refractivity contribution is 7.87. The van der Waals surface area contributed by atoms with Gasteiger partial charge in [0.15, 0.2) is 0 Å². The van der Waals surface area contributed by atoms with Crippen LogP contribution in [-0.4, -0.2) is 33.4 Å². The average molecular weight is 281 g/mol. The number of rotatable bonds is 4. The second kappa shape index (κ2) is 6.68. The summed E-state index contributed by atoms with van der Waals surface area (Å²) in [6, 6.07) is 7.09. The third-order valence-corrected chi connectivity index (χ3v) is 4.16. The second-order valence-electron chi connectivity index (χ2n) is 4.25. The predicted molar refractivity (Wildman–Crippen MR) is 76.5 cm³/mol. The molecule has 0 aliphatic rings. The van der Waals surface area contributed by atoms with Crippen molar-refractivity contribution >= 4 is 10.2 Å². The smallest absolute Gasteiger partial charge is 0.279 e. The molecular weight excluding hydrogens is 262 g/mol. The van der Waals surface area contributed by atoms with Gasteiger partial charge in [-0.15, -0.1) is 0 Å². The van der Waals surface area contributed by atoms with Gasteiger partial charge in [0.2, 0.25) is 0 Å². The van der Waals surface area contributed by atoms with E-state index in [-0.39, 0.29) is 6.04 Å². The van der Waals surface area contributed by atoms with Crippen LogP contribution in [0.4, 0.5) is 0 Å². The Hall–Kier alpha value is -1.39. The van der Waals surface area contributed by atoms with Crippen molar-refractivity contribution in [1.29, 1.82) is 0 Å². The molecule has 0 amide bonds. The molecule has 1 unspecified atom stereocenters. The van der Waals surface area contributed by atoms with Gasteiger partial charge in [-0.25, -0.2) is 0 Å². The van der Waals surface area contributed by atoms with Crippen LogP contribution in [0.5, 0.6) is 0 Å². The first-order valence-corrected chi connectivity index (χ1v) is 7.29. The summed E-state index contributed by atoms with van der Waals surface area (Å²) < 4.78 is 27.1. The van der Waals surface area contributed by atoms with E-state index in [1.54, 1.807) is 6.92 Å². The van der Waals surface area contributed by atoms with Gasteiger partial charge in [-0.1, -0.05) is 24.0 Å². The lowest BCUT2D eigenvalue weighted by Crippen LogP contribution is -2.37. The highest BCUT2D eigenvalue weighted by Gasteiger charge is 2.17. The molecule has 1 atom stereocenters. The fourth-order valence-corrected chi connectivity index (χ4v) is 2.20. The van der Waals surface area contributed by atoms with Gasteiger partial charge in [0, 0.05) is 25.7 Å². The summed E-state index contributed by atoms with van der Waals surface area (Å²) >= 11 is 0. The molecule has 0 saturated carbocycles. The van der Waals surface area contributed by atoms with Crippen LogP contribution >= 0.6 is 0 Å². The fourth-order valence-electron chi connectivity index (χ4n) is 1.41. The number of hydrogen-bond acceptors (Lipinski definition) is 3. The van der Waals surface area contributed by atoms with Gasteiger partial charge < -0.3 is 5.73 Å². The normalized spacial score (nSPS) is 12.9. The van der Waals surface area contributed by atoms with E-state index in [0.29, 0.717) is 6.54 Å². The Morgan fingerprint density at radius 3 is 2.37 bits per heavy atom. The first-order valence-electron chi connectivity index (χ1n) is 5.85. The Morgan fingerprint density at radius 2 is 1.89 bits per heavy atom. The lowest BCUT2D eigenvalue weighted by atomic mass is 10.1. The van der Waals surface area contributed by atoms with Crippen LogP contribution in [0.1, 0.15) is 24.1 Å². The summed E-state index contributed by atoms with van der Waals surface area (Å²) in [7, 11) is -0.458. The fraction of sp³-hybridized carbons (Fsp3) is 0.385. The molecule has 1 rings (SSSR count). The summed E-state index contributed by atoms with van der Waals surface area (Å²) in [5.41, 5.74) is 7.03. The van der Waals surface area contributed by atoms with E-state index in [1.165, 1.54) is 14.1 Å². The first-order chi connectivity index (χ1) is 8.86. The summed E-state index contributed by atoms with van der Waals surface area (Å²) in [6.45, 7) is 2.11. The van der Waals surface area contributed by atoms with Gasteiger partial charge in [0.25, 0.3) is 10.2 Å². The molecule has 0 aliphatic carbocycles. The van der Waals surface area contributed by atoms with Gasteiger partial charge >= 0.3 is 0 Å². The maximum Gasteiger partial charge on any atom is 0.279 e. The van der Waals surface area contributed by atoms with Gasteiger partial charge in [0.05, 0.1) is 6.54 Å². The monoisotopic (exact) mass is 281 g/mol. The summed E-state index contributed by atoms with van der Waals surface area (Å²) in [5.74, 6) is 5.68. The van der Waals surface area contributed by atoms with Crippen LogP contribution in [0.3, 0.4) is 0 Å². The van der Waals surface area contributed by atoms with Crippen molar-refractivity contribution in [3.8, 4) is 11.8 Å². The Morgan fingerprint density at radius 1 is 1.32 bits per heavy atom. The van der Waals surface area contributed by atoms with Crippen molar-refractivity contribution < 1.29 is 8.42 Å². The molecular formula is C13H19N3O2S. The number of nitrogens with two attached hydrogens (primary N) is 1. The maximum atomic E-state index is 11.7. The van der Waals surface area contributed by atoms with E-state index >= 15 is 0 Å². The van der Waals surface area contributed by atoms with Crippen molar-refractivity contribution in [2.24, 2.45) is 5.73 Å². The molecule has 19 heavy (non-hydrogen) atoms. The van der Waals surface area contributed by atoms with E-state index < -0.39 is 10.2 Å². The molecule has 0 fully saturated rings. The van der Waals surface area contributed by atoms with Crippen LogP contribution in [-0.2, 0) is 10.2 Å². The Kier molecular flexibility index (Phi) is 5.51. The lowest BCUT2D eigenvalue weighted by Gasteiger charge is -2.18. The van der Waals surface area contributed by atoms with E-state index in [0.717, 1.165) is 15.4 Å². The number of hydrogen-bond donors (Lipinski definition) is 2. The Labute approximate surface area is 115 Å². The quantitative estimate of drug-likeness (QED) is 0.787. The van der Waals surface area contributed by atoms with Crippen LogP contribution in [0.2, 0.25) is 0 Å². The van der Waals surface area contributed by atoms with Crippen molar-refractivity contribution in [1.82, 2.24) is 9.03 Å². The molecule has 0 heterocycles. The van der Waals surface area contributed by atoms with Crippen molar-refractivity contribution in [2.45, 2.75) is 13.0 Å². The van der Waals surface area contributed by atoms with E-state index in [1.807, 2.05) is 24.3 Å². The summed E-state index contributed by atoms with van der Waals surface area (Å²) in [5, 5.41) is 0. The lowest BCUT2D eigenvalue weighted by molar-refractivity contribution is 0.494. The molecule has 0 aromatic heterocycles. The second-order valence-corrected chi connectivity index (χ2v) is 6.17. The number of nitrogens with one attached hydrogen (secondary N) is 1. The predicted octanol–water partition coefficient (Wildman–Crippen LogP) is 0.454. The number of nitrogens with zero attached hydrogens (tertiary/aromatic N) is 1. The molecule has 0 spiro atoms. The third-order valence-electron chi connectivity index (χ3n) is 2.55. The third kappa shape index (κ3) is 4.65. The Balaban J connectivity index is 2.81. The maximum absolute atomic E-state index is 11.7. The molecule has 6 heteroatoms. The van der Waals surface area contributed by atoms with Gasteiger partial charge in [-0.2, -0.15) is 17.4 Å². The molecule has 1 aromatic carbocycles. The average Bonchev–Trinajstić information content (AvgIpc) is 2.36. The van der Waals surface area contributed by atoms with Crippen molar-refractivity contribution in [3.05, 3.63) is 35.4 Å². The standard InChI is InChI=1S/C13H19N3O2S/c1-11(15-19(17,18)16(2)3)13-8-6-12(7-9-13)5-4-10-14/h6-9,11,15H,10,14H2,1-3H3. The van der Waals surface area contributed by atoms with Crippen LogP contribution < -0.4 is 10.5 Å². The van der Waals surface area contributed by atoms with Crippen molar-refractivity contribution in [3.63, 3.8) is 0 Å². The van der Waals surface area contributed by atoms with Crippen LogP contribution in [0, 0.1) is 11.8 Å².